The number of benzene rings is 2. The van der Waals surface area contributed by atoms with E-state index in [0.717, 1.165) is 0 Å². The van der Waals surface area contributed by atoms with Gasteiger partial charge in [-0.15, -0.1) is 11.3 Å². The number of carbonyl (C=O) groups is 2. The van der Waals surface area contributed by atoms with Crippen LogP contribution in [-0.2, 0) is 4.74 Å². The minimum absolute atomic E-state index is 0.177. The van der Waals surface area contributed by atoms with Crippen LogP contribution in [0, 0.1) is 0 Å². The molecule has 1 N–H and O–H groups in total. The largest absolute Gasteiger partial charge is 0.493 e. The average Bonchev–Trinajstić information content (AvgIpc) is 3.28. The van der Waals surface area contributed by atoms with Crippen molar-refractivity contribution in [3.8, 4) is 11.5 Å². The van der Waals surface area contributed by atoms with Crippen molar-refractivity contribution in [3.63, 3.8) is 0 Å². The van der Waals surface area contributed by atoms with E-state index < -0.39 is 0 Å². The monoisotopic (exact) mass is 411 g/mol. The molecule has 1 aromatic heterocycles. The van der Waals surface area contributed by atoms with Gasteiger partial charge in [0.05, 0.1) is 24.2 Å². The quantitative estimate of drug-likeness (QED) is 0.421. The van der Waals surface area contributed by atoms with E-state index in [1.165, 1.54) is 11.3 Å². The van der Waals surface area contributed by atoms with Crippen molar-refractivity contribution in [1.29, 1.82) is 0 Å². The molecule has 0 radical (unpaired) electrons. The molecule has 29 heavy (non-hydrogen) atoms. The van der Waals surface area contributed by atoms with Gasteiger partial charge in [0, 0.05) is 24.4 Å². The number of ketones is 1. The highest BCUT2D eigenvalue weighted by Crippen LogP contribution is 2.30. The van der Waals surface area contributed by atoms with Gasteiger partial charge < -0.3 is 19.5 Å². The third-order valence-electron chi connectivity index (χ3n) is 4.13. The van der Waals surface area contributed by atoms with Gasteiger partial charge in [0.1, 0.15) is 6.61 Å². The molecule has 0 spiro atoms. The van der Waals surface area contributed by atoms with Crippen molar-refractivity contribution in [2.24, 2.45) is 0 Å². The summed E-state index contributed by atoms with van der Waals surface area (Å²) in [5.41, 5.74) is 1.20. The molecule has 0 atom stereocenters. The van der Waals surface area contributed by atoms with Crippen LogP contribution in [0.3, 0.4) is 0 Å². The summed E-state index contributed by atoms with van der Waals surface area (Å²) in [5, 5.41) is 4.66. The maximum atomic E-state index is 12.9. The van der Waals surface area contributed by atoms with Crippen LogP contribution in [0.2, 0.25) is 0 Å². The molecular formula is C22H21NO5S. The first-order valence-electron chi connectivity index (χ1n) is 8.92. The molecular weight excluding hydrogens is 390 g/mol. The Balaban J connectivity index is 1.82. The first-order valence-corrected chi connectivity index (χ1v) is 9.80. The number of nitrogens with one attached hydrogen (secondary N) is 1. The van der Waals surface area contributed by atoms with Crippen LogP contribution >= 0.6 is 11.3 Å². The van der Waals surface area contributed by atoms with Gasteiger partial charge in [0.25, 0.3) is 5.91 Å². The minimum Gasteiger partial charge on any atom is -0.493 e. The summed E-state index contributed by atoms with van der Waals surface area (Å²) in [6.07, 6.45) is 0. The molecule has 0 unspecified atom stereocenters. The number of hydrogen-bond donors (Lipinski definition) is 1. The van der Waals surface area contributed by atoms with Crippen molar-refractivity contribution < 1.29 is 23.8 Å². The van der Waals surface area contributed by atoms with Gasteiger partial charge in [-0.2, -0.15) is 0 Å². The first kappa shape index (κ1) is 20.6. The number of methoxy groups -OCH3 is 2. The zero-order valence-electron chi connectivity index (χ0n) is 16.1. The van der Waals surface area contributed by atoms with Crippen molar-refractivity contribution in [2.75, 3.05) is 32.8 Å². The Hall–Kier alpha value is -3.16. The first-order chi connectivity index (χ1) is 14.1. The van der Waals surface area contributed by atoms with Crippen LogP contribution in [0.1, 0.15) is 25.6 Å². The topological polar surface area (TPSA) is 73.9 Å². The van der Waals surface area contributed by atoms with Crippen LogP contribution in [0.4, 0.5) is 5.69 Å². The molecule has 0 aliphatic carbocycles. The van der Waals surface area contributed by atoms with E-state index in [1.54, 1.807) is 62.8 Å². The van der Waals surface area contributed by atoms with E-state index in [4.69, 9.17) is 14.2 Å². The molecule has 0 saturated heterocycles. The fraction of sp³-hybridized carbons (Fsp3) is 0.182. The predicted octanol–water partition coefficient (Wildman–Crippen LogP) is 4.27. The molecule has 0 aliphatic rings. The second kappa shape index (κ2) is 9.86. The number of carbonyl (C=O) groups excluding carboxylic acids is 2. The fourth-order valence-electron chi connectivity index (χ4n) is 2.72. The molecule has 1 heterocycles. The summed E-state index contributed by atoms with van der Waals surface area (Å²) in [4.78, 5) is 26.2. The van der Waals surface area contributed by atoms with E-state index in [0.29, 0.717) is 46.4 Å². The number of amides is 1. The van der Waals surface area contributed by atoms with Crippen molar-refractivity contribution in [2.45, 2.75) is 0 Å². The van der Waals surface area contributed by atoms with Crippen LogP contribution in [0.5, 0.6) is 11.5 Å². The fourth-order valence-corrected chi connectivity index (χ4v) is 3.40. The summed E-state index contributed by atoms with van der Waals surface area (Å²) in [6.45, 7) is 0.778. The highest BCUT2D eigenvalue weighted by molar-refractivity contribution is 7.12. The van der Waals surface area contributed by atoms with E-state index in [1.807, 2.05) is 11.4 Å². The second-order valence-electron chi connectivity index (χ2n) is 6.01. The normalized spacial score (nSPS) is 10.4. The van der Waals surface area contributed by atoms with Crippen LogP contribution in [0.25, 0.3) is 0 Å². The highest BCUT2D eigenvalue weighted by Gasteiger charge is 2.19. The van der Waals surface area contributed by atoms with Gasteiger partial charge in [-0.3, -0.25) is 9.59 Å². The van der Waals surface area contributed by atoms with E-state index >= 15 is 0 Å². The van der Waals surface area contributed by atoms with Gasteiger partial charge in [0.15, 0.2) is 11.5 Å². The molecule has 150 valence electrons. The molecule has 1 amide bonds. The van der Waals surface area contributed by atoms with E-state index in [2.05, 4.69) is 5.32 Å². The summed E-state index contributed by atoms with van der Waals surface area (Å²) < 4.78 is 15.9. The van der Waals surface area contributed by atoms with Crippen LogP contribution in [0.15, 0.2) is 60.0 Å². The molecule has 0 fully saturated rings. The average molecular weight is 411 g/mol. The van der Waals surface area contributed by atoms with Gasteiger partial charge in [0.2, 0.25) is 5.78 Å². The Labute approximate surface area is 173 Å². The maximum absolute atomic E-state index is 12.9. The lowest BCUT2D eigenvalue weighted by Crippen LogP contribution is -2.16. The van der Waals surface area contributed by atoms with E-state index in [9.17, 15) is 9.59 Å². The van der Waals surface area contributed by atoms with Crippen molar-refractivity contribution in [1.82, 2.24) is 0 Å². The second-order valence-corrected chi connectivity index (χ2v) is 6.96. The molecule has 7 heteroatoms. The zero-order chi connectivity index (χ0) is 20.6. The standard InChI is InChI=1S/C22H21NO5S/c1-26-11-12-28-19-14-15(9-10-18(19)27-2)23-22(25)17-7-4-3-6-16(17)21(24)20-8-5-13-29-20/h3-10,13-14H,11-12H2,1-2H3,(H,23,25). The molecule has 0 bridgehead atoms. The molecule has 2 aromatic carbocycles. The molecule has 3 aromatic rings. The van der Waals surface area contributed by atoms with E-state index in [-0.39, 0.29) is 11.7 Å². The number of hydrogen-bond acceptors (Lipinski definition) is 6. The maximum Gasteiger partial charge on any atom is 0.256 e. The Bertz CT molecular complexity index is 985. The van der Waals surface area contributed by atoms with Gasteiger partial charge >= 0.3 is 0 Å². The molecule has 0 saturated carbocycles. The van der Waals surface area contributed by atoms with Crippen molar-refractivity contribution >= 4 is 28.7 Å². The number of thiophene rings is 1. The summed E-state index contributed by atoms with van der Waals surface area (Å²) >= 11 is 1.34. The lowest BCUT2D eigenvalue weighted by atomic mass is 10.0. The smallest absolute Gasteiger partial charge is 0.256 e. The molecule has 0 aliphatic heterocycles. The number of rotatable bonds is 9. The third-order valence-corrected chi connectivity index (χ3v) is 5.00. The zero-order valence-corrected chi connectivity index (χ0v) is 17.0. The van der Waals surface area contributed by atoms with Crippen LogP contribution in [-0.4, -0.2) is 39.1 Å². The number of ether oxygens (including phenoxy) is 3. The third kappa shape index (κ3) is 5.01. The predicted molar refractivity (Wildman–Crippen MR) is 113 cm³/mol. The summed E-state index contributed by atoms with van der Waals surface area (Å²) in [5.74, 6) is 0.486. The van der Waals surface area contributed by atoms with Crippen LogP contribution < -0.4 is 14.8 Å². The Morgan fingerprint density at radius 1 is 0.931 bits per heavy atom. The Kier molecular flexibility index (Phi) is 6.99. The lowest BCUT2D eigenvalue weighted by Gasteiger charge is -2.13. The Morgan fingerprint density at radius 2 is 1.72 bits per heavy atom. The molecule has 3 rings (SSSR count). The summed E-state index contributed by atoms with van der Waals surface area (Å²) in [7, 11) is 3.13. The Morgan fingerprint density at radius 3 is 2.41 bits per heavy atom. The molecule has 6 nitrogen and oxygen atoms in total. The van der Waals surface area contributed by atoms with Gasteiger partial charge in [-0.05, 0) is 29.6 Å². The highest BCUT2D eigenvalue weighted by atomic mass is 32.1. The summed E-state index contributed by atoms with van der Waals surface area (Å²) in [6, 6.07) is 15.4. The number of anilines is 1. The lowest BCUT2D eigenvalue weighted by molar-refractivity contribution is 0.0997. The minimum atomic E-state index is -0.376. The van der Waals surface area contributed by atoms with Crippen molar-refractivity contribution in [3.05, 3.63) is 76.0 Å². The van der Waals surface area contributed by atoms with Gasteiger partial charge in [-0.25, -0.2) is 0 Å². The SMILES string of the molecule is COCCOc1cc(NC(=O)c2ccccc2C(=O)c2cccs2)ccc1OC. The van der Waals surface area contributed by atoms with Gasteiger partial charge in [-0.1, -0.05) is 24.3 Å².